The second kappa shape index (κ2) is 9.20. The van der Waals surface area contributed by atoms with E-state index >= 15 is 0 Å². The van der Waals surface area contributed by atoms with E-state index in [1.807, 2.05) is 63.2 Å². The number of urea groups is 1. The number of hydrogen-bond donors (Lipinski definition) is 2. The minimum atomic E-state index is -0.615. The van der Waals surface area contributed by atoms with Gasteiger partial charge in [-0.15, -0.1) is 0 Å². The molecule has 1 aliphatic rings. The number of carbonyl (C=O) groups excluding carboxylic acids is 2. The predicted octanol–water partition coefficient (Wildman–Crippen LogP) is 4.26. The van der Waals surface area contributed by atoms with Crippen LogP contribution in [-0.2, 0) is 11.3 Å². The molecule has 0 saturated carbocycles. The molecule has 0 radical (unpaired) electrons. The van der Waals surface area contributed by atoms with E-state index in [0.29, 0.717) is 19.6 Å². The van der Waals surface area contributed by atoms with Crippen molar-refractivity contribution in [1.82, 2.24) is 10.2 Å². The molecule has 2 aromatic carbocycles. The Bertz CT molecular complexity index is 928. The first-order chi connectivity index (χ1) is 14.3. The number of rotatable bonds is 5. The fraction of sp³-hybridized carbons (Fsp3) is 0.417. The molecule has 0 aromatic heterocycles. The van der Waals surface area contributed by atoms with Crippen LogP contribution < -0.4 is 15.4 Å². The van der Waals surface area contributed by atoms with Crippen molar-refractivity contribution in [2.45, 2.75) is 40.2 Å². The molecule has 2 aromatic rings. The number of carbonyl (C=O) groups is 2. The van der Waals surface area contributed by atoms with Crippen molar-refractivity contribution in [3.8, 4) is 5.75 Å². The summed E-state index contributed by atoms with van der Waals surface area (Å²) in [6.07, 6.45) is 1.55. The molecule has 1 heterocycles. The van der Waals surface area contributed by atoms with E-state index in [9.17, 15) is 9.59 Å². The zero-order valence-electron chi connectivity index (χ0n) is 18.2. The summed E-state index contributed by atoms with van der Waals surface area (Å²) in [5, 5.41) is 6.04. The fourth-order valence-electron chi connectivity index (χ4n) is 3.84. The zero-order valence-corrected chi connectivity index (χ0v) is 18.2. The smallest absolute Gasteiger partial charge is 0.321 e. The van der Waals surface area contributed by atoms with Crippen LogP contribution in [0.2, 0.25) is 0 Å². The number of hydrogen-bond acceptors (Lipinski definition) is 3. The molecule has 0 aliphatic carbocycles. The molecule has 1 atom stereocenters. The van der Waals surface area contributed by atoms with Gasteiger partial charge in [0.25, 0.3) is 0 Å². The first-order valence-corrected chi connectivity index (χ1v) is 10.4. The van der Waals surface area contributed by atoms with E-state index in [-0.39, 0.29) is 11.9 Å². The third kappa shape index (κ3) is 5.12. The number of benzene rings is 2. The van der Waals surface area contributed by atoms with Gasteiger partial charge in [-0.05, 0) is 68.5 Å². The van der Waals surface area contributed by atoms with Crippen LogP contribution in [0.25, 0.3) is 0 Å². The van der Waals surface area contributed by atoms with Crippen LogP contribution in [0.15, 0.2) is 42.5 Å². The summed E-state index contributed by atoms with van der Waals surface area (Å²) in [6.45, 7) is 7.38. The van der Waals surface area contributed by atoms with E-state index in [0.717, 1.165) is 41.0 Å². The quantitative estimate of drug-likeness (QED) is 0.775. The lowest BCUT2D eigenvalue weighted by molar-refractivity contribution is -0.132. The summed E-state index contributed by atoms with van der Waals surface area (Å²) < 4.78 is 5.24. The lowest BCUT2D eigenvalue weighted by atomic mass is 9.81. The number of anilines is 1. The molecule has 30 heavy (non-hydrogen) atoms. The van der Waals surface area contributed by atoms with Gasteiger partial charge in [0, 0.05) is 25.3 Å². The van der Waals surface area contributed by atoms with Gasteiger partial charge >= 0.3 is 6.03 Å². The van der Waals surface area contributed by atoms with Crippen molar-refractivity contribution in [3.05, 3.63) is 59.2 Å². The number of nitrogens with zero attached hydrogens (tertiary/aromatic N) is 1. The Balaban J connectivity index is 1.62. The van der Waals surface area contributed by atoms with E-state index in [1.165, 1.54) is 0 Å². The number of nitrogens with one attached hydrogen (secondary N) is 2. The Labute approximate surface area is 178 Å². The summed E-state index contributed by atoms with van der Waals surface area (Å²) in [7, 11) is 1.62. The average molecular weight is 410 g/mol. The predicted molar refractivity (Wildman–Crippen MR) is 119 cm³/mol. The van der Waals surface area contributed by atoms with E-state index in [2.05, 4.69) is 10.6 Å². The highest BCUT2D eigenvalue weighted by Gasteiger charge is 2.39. The molecule has 0 spiro atoms. The molecular weight excluding hydrogens is 378 g/mol. The van der Waals surface area contributed by atoms with Crippen molar-refractivity contribution in [2.75, 3.05) is 25.5 Å². The summed E-state index contributed by atoms with van der Waals surface area (Å²) in [6, 6.07) is 13.5. The van der Waals surface area contributed by atoms with Crippen LogP contribution in [0.1, 0.15) is 36.5 Å². The third-order valence-corrected chi connectivity index (χ3v) is 5.75. The maximum absolute atomic E-state index is 13.0. The molecule has 160 valence electrons. The second-order valence-electron chi connectivity index (χ2n) is 8.37. The molecular formula is C24H31N3O3. The molecule has 6 heteroatoms. The zero-order chi connectivity index (χ0) is 21.7. The lowest BCUT2D eigenvalue weighted by Crippen LogP contribution is -2.52. The minimum absolute atomic E-state index is 0.0328. The molecule has 3 amide bonds. The van der Waals surface area contributed by atoms with Crippen molar-refractivity contribution < 1.29 is 14.3 Å². The second-order valence-corrected chi connectivity index (χ2v) is 8.37. The topological polar surface area (TPSA) is 70.7 Å². The van der Waals surface area contributed by atoms with Gasteiger partial charge in [0.1, 0.15) is 5.75 Å². The van der Waals surface area contributed by atoms with E-state index in [1.54, 1.807) is 12.0 Å². The van der Waals surface area contributed by atoms with Crippen molar-refractivity contribution >= 4 is 17.6 Å². The van der Waals surface area contributed by atoms with Gasteiger partial charge < -0.3 is 20.3 Å². The molecule has 2 N–H and O–H groups in total. The van der Waals surface area contributed by atoms with E-state index in [4.69, 9.17) is 4.74 Å². The lowest BCUT2D eigenvalue weighted by Gasteiger charge is -2.39. The molecule has 1 fully saturated rings. The van der Waals surface area contributed by atoms with Gasteiger partial charge in [-0.1, -0.05) is 24.3 Å². The molecule has 1 aliphatic heterocycles. The van der Waals surface area contributed by atoms with Crippen LogP contribution >= 0.6 is 0 Å². The first kappa shape index (κ1) is 21.7. The number of likely N-dealkylation sites (tertiary alicyclic amines) is 1. The minimum Gasteiger partial charge on any atom is -0.497 e. The van der Waals surface area contributed by atoms with Gasteiger partial charge in [0.05, 0.1) is 12.5 Å². The van der Waals surface area contributed by atoms with Crippen LogP contribution in [0.4, 0.5) is 10.5 Å². The van der Waals surface area contributed by atoms with Crippen LogP contribution in [-0.4, -0.2) is 37.0 Å². The number of piperidine rings is 1. The Morgan fingerprint density at radius 2 is 1.97 bits per heavy atom. The molecule has 0 bridgehead atoms. The first-order valence-electron chi connectivity index (χ1n) is 10.4. The van der Waals surface area contributed by atoms with Crippen molar-refractivity contribution in [2.24, 2.45) is 5.41 Å². The van der Waals surface area contributed by atoms with Gasteiger partial charge in [-0.25, -0.2) is 4.79 Å². The molecule has 6 nitrogen and oxygen atoms in total. The normalized spacial score (nSPS) is 18.6. The molecule has 3 rings (SSSR count). The summed E-state index contributed by atoms with van der Waals surface area (Å²) in [4.78, 5) is 27.6. The maximum Gasteiger partial charge on any atom is 0.321 e. The summed E-state index contributed by atoms with van der Waals surface area (Å²) in [5.74, 6) is 0.731. The SMILES string of the molecule is COc1cccc(CNC(=O)C2(C)CCCN(C(=O)Nc3cc(C)ccc3C)C2)c1. The highest BCUT2D eigenvalue weighted by molar-refractivity contribution is 5.91. The van der Waals surface area contributed by atoms with Crippen LogP contribution in [0.3, 0.4) is 0 Å². The molecule has 1 unspecified atom stereocenters. The fourth-order valence-corrected chi connectivity index (χ4v) is 3.84. The summed E-state index contributed by atoms with van der Waals surface area (Å²) >= 11 is 0. The van der Waals surface area contributed by atoms with E-state index < -0.39 is 5.41 Å². The Hall–Kier alpha value is -3.02. The van der Waals surface area contributed by atoms with Gasteiger partial charge in [0.15, 0.2) is 0 Å². The highest BCUT2D eigenvalue weighted by Crippen LogP contribution is 2.30. The van der Waals surface area contributed by atoms with Gasteiger partial charge in [-0.3, -0.25) is 4.79 Å². The number of aryl methyl sites for hydroxylation is 2. The molecule has 1 saturated heterocycles. The van der Waals surface area contributed by atoms with Gasteiger partial charge in [0.2, 0.25) is 5.91 Å². The number of amides is 3. The van der Waals surface area contributed by atoms with Crippen molar-refractivity contribution in [3.63, 3.8) is 0 Å². The third-order valence-electron chi connectivity index (χ3n) is 5.75. The Morgan fingerprint density at radius 1 is 1.17 bits per heavy atom. The summed E-state index contributed by atoms with van der Waals surface area (Å²) in [5.41, 5.74) is 3.29. The van der Waals surface area contributed by atoms with Crippen molar-refractivity contribution in [1.29, 1.82) is 0 Å². The number of methoxy groups -OCH3 is 1. The average Bonchev–Trinajstić information content (AvgIpc) is 2.74. The maximum atomic E-state index is 13.0. The Morgan fingerprint density at radius 3 is 2.73 bits per heavy atom. The highest BCUT2D eigenvalue weighted by atomic mass is 16.5. The Kier molecular flexibility index (Phi) is 6.65. The standard InChI is InChI=1S/C24H31N3O3/c1-17-9-10-18(2)21(13-17)26-23(29)27-12-6-11-24(3,16-27)22(28)25-15-19-7-5-8-20(14-19)30-4/h5,7-10,13-14H,6,11-12,15-16H2,1-4H3,(H,25,28)(H,26,29). The van der Waals surface area contributed by atoms with Gasteiger partial charge in [-0.2, -0.15) is 0 Å². The number of ether oxygens (including phenoxy) is 1. The van der Waals surface area contributed by atoms with Crippen LogP contribution in [0, 0.1) is 19.3 Å². The largest absolute Gasteiger partial charge is 0.497 e. The monoisotopic (exact) mass is 409 g/mol. The van der Waals surface area contributed by atoms with Crippen LogP contribution in [0.5, 0.6) is 5.75 Å².